The molecule has 2 rings (SSSR count). The minimum atomic E-state index is -0.0441. The second-order valence-electron chi connectivity index (χ2n) is 3.18. The Labute approximate surface area is 89.5 Å². The van der Waals surface area contributed by atoms with Gasteiger partial charge in [0.25, 0.3) is 0 Å². The zero-order chi connectivity index (χ0) is 9.80. The first-order valence-corrected chi connectivity index (χ1v) is 5.05. The molecular formula is C12H10BCl. The lowest BCUT2D eigenvalue weighted by molar-refractivity contribution is 1.74. The van der Waals surface area contributed by atoms with Crippen LogP contribution in [0.5, 0.6) is 0 Å². The van der Waals surface area contributed by atoms with Crippen LogP contribution in [0.2, 0.25) is 0 Å². The summed E-state index contributed by atoms with van der Waals surface area (Å²) in [5.74, 6) is 0. The molecule has 14 heavy (non-hydrogen) atoms. The average Bonchev–Trinajstić information content (AvgIpc) is 2.30. The van der Waals surface area contributed by atoms with E-state index >= 15 is 0 Å². The Morgan fingerprint density at radius 1 is 0.643 bits per heavy atom. The summed E-state index contributed by atoms with van der Waals surface area (Å²) in [6.45, 7) is 0. The third-order valence-corrected chi connectivity index (χ3v) is 2.69. The lowest BCUT2D eigenvalue weighted by atomic mass is 9.62. The summed E-state index contributed by atoms with van der Waals surface area (Å²) < 4.78 is 0. The van der Waals surface area contributed by atoms with E-state index in [-0.39, 0.29) is 6.13 Å². The summed E-state index contributed by atoms with van der Waals surface area (Å²) in [6, 6.07) is 20.2. The van der Waals surface area contributed by atoms with E-state index in [1.54, 1.807) is 0 Å². The van der Waals surface area contributed by atoms with Gasteiger partial charge in [-0.25, -0.2) is 0 Å². The molecule has 0 heterocycles. The molecular weight excluding hydrogens is 190 g/mol. The molecule has 0 saturated carbocycles. The van der Waals surface area contributed by atoms with Crippen LogP contribution in [0.25, 0.3) is 0 Å². The first kappa shape index (κ1) is 9.35. The predicted octanol–water partition coefficient (Wildman–Crippen LogP) is 2.03. The Bertz CT molecular complexity index is 346. The smallest absolute Gasteiger partial charge is 0.182 e. The maximum absolute atomic E-state index is 6.33. The Hall–Kier alpha value is -1.21. The van der Waals surface area contributed by atoms with E-state index in [9.17, 15) is 0 Å². The van der Waals surface area contributed by atoms with Crippen LogP contribution in [0.15, 0.2) is 60.7 Å². The van der Waals surface area contributed by atoms with Crippen molar-refractivity contribution < 1.29 is 0 Å². The van der Waals surface area contributed by atoms with Crippen molar-refractivity contribution in [2.75, 3.05) is 0 Å². The molecule has 0 atom stereocenters. The molecule has 0 unspecified atom stereocenters. The quantitative estimate of drug-likeness (QED) is 0.651. The Kier molecular flexibility index (Phi) is 2.90. The summed E-state index contributed by atoms with van der Waals surface area (Å²) in [7, 11) is 0. The lowest BCUT2D eigenvalue weighted by Crippen LogP contribution is -2.36. The van der Waals surface area contributed by atoms with Crippen molar-refractivity contribution >= 4 is 28.5 Å². The van der Waals surface area contributed by atoms with Crippen molar-refractivity contribution in [3.05, 3.63) is 60.7 Å². The van der Waals surface area contributed by atoms with Gasteiger partial charge in [0.15, 0.2) is 0 Å². The van der Waals surface area contributed by atoms with Gasteiger partial charge < -0.3 is 0 Å². The largest absolute Gasteiger partial charge is 0.315 e. The highest BCUT2D eigenvalue weighted by Crippen LogP contribution is 1.95. The lowest BCUT2D eigenvalue weighted by Gasteiger charge is -2.05. The van der Waals surface area contributed by atoms with Crippen LogP contribution in [0.1, 0.15) is 0 Å². The molecule has 0 bridgehead atoms. The van der Waals surface area contributed by atoms with Gasteiger partial charge in [0.1, 0.15) is 0 Å². The molecule has 2 heteroatoms. The molecule has 0 saturated heterocycles. The molecule has 0 spiro atoms. The summed E-state index contributed by atoms with van der Waals surface area (Å²) in [5, 5.41) is 0. The van der Waals surface area contributed by atoms with E-state index in [1.165, 1.54) is 0 Å². The van der Waals surface area contributed by atoms with E-state index in [2.05, 4.69) is 0 Å². The van der Waals surface area contributed by atoms with Gasteiger partial charge in [0, 0.05) is 0 Å². The van der Waals surface area contributed by atoms with Crippen LogP contribution in [-0.4, -0.2) is 6.13 Å². The van der Waals surface area contributed by atoms with Gasteiger partial charge in [-0.2, -0.15) is 11.5 Å². The molecule has 0 aliphatic heterocycles. The summed E-state index contributed by atoms with van der Waals surface area (Å²) in [6.07, 6.45) is -0.0441. The fourth-order valence-electron chi connectivity index (χ4n) is 1.44. The molecule has 2 aromatic carbocycles. The van der Waals surface area contributed by atoms with Crippen molar-refractivity contribution in [2.24, 2.45) is 0 Å². The normalized spacial score (nSPS) is 9.79. The molecule has 68 valence electrons. The highest BCUT2D eigenvalue weighted by Gasteiger charge is 2.14. The molecule has 2 aromatic rings. The minimum absolute atomic E-state index is 0.0441. The summed E-state index contributed by atoms with van der Waals surface area (Å²) >= 11 is 6.33. The first-order chi connectivity index (χ1) is 6.88. The number of halogens is 1. The molecule has 0 fully saturated rings. The first-order valence-electron chi connectivity index (χ1n) is 4.62. The zero-order valence-corrected chi connectivity index (χ0v) is 8.48. The third-order valence-electron chi connectivity index (χ3n) is 2.18. The van der Waals surface area contributed by atoms with Crippen molar-refractivity contribution in [1.82, 2.24) is 0 Å². The Balaban J connectivity index is 2.30. The van der Waals surface area contributed by atoms with Gasteiger partial charge >= 0.3 is 6.13 Å². The molecule has 0 N–H and O–H groups in total. The number of hydrogen-bond donors (Lipinski definition) is 0. The van der Waals surface area contributed by atoms with Crippen molar-refractivity contribution in [1.29, 1.82) is 0 Å². The van der Waals surface area contributed by atoms with Crippen LogP contribution in [0.3, 0.4) is 0 Å². The zero-order valence-electron chi connectivity index (χ0n) is 7.73. The fourth-order valence-corrected chi connectivity index (χ4v) is 1.73. The predicted molar refractivity (Wildman–Crippen MR) is 63.8 cm³/mol. The molecule has 0 aromatic heterocycles. The summed E-state index contributed by atoms with van der Waals surface area (Å²) in [5.41, 5.74) is 2.28. The van der Waals surface area contributed by atoms with Crippen LogP contribution in [0, 0.1) is 0 Å². The van der Waals surface area contributed by atoms with Gasteiger partial charge in [0.05, 0.1) is 0 Å². The maximum Gasteiger partial charge on any atom is 0.315 e. The molecule has 0 aliphatic carbocycles. The van der Waals surface area contributed by atoms with Crippen LogP contribution in [0.4, 0.5) is 0 Å². The number of rotatable bonds is 2. The standard InChI is InChI=1S/C12H10BCl/c14-13(11-7-3-1-4-8-11)12-9-5-2-6-10-12/h1-10H. The van der Waals surface area contributed by atoms with Gasteiger partial charge in [-0.3, -0.25) is 0 Å². The highest BCUT2D eigenvalue weighted by molar-refractivity contribution is 7.21. The van der Waals surface area contributed by atoms with Crippen molar-refractivity contribution in [3.63, 3.8) is 0 Å². The van der Waals surface area contributed by atoms with Gasteiger partial charge in [-0.15, -0.1) is 0 Å². The number of hydrogen-bond acceptors (Lipinski definition) is 0. The van der Waals surface area contributed by atoms with E-state index in [4.69, 9.17) is 11.5 Å². The molecule has 0 amide bonds. The van der Waals surface area contributed by atoms with Crippen molar-refractivity contribution in [3.8, 4) is 0 Å². The van der Waals surface area contributed by atoms with Crippen LogP contribution < -0.4 is 10.9 Å². The van der Waals surface area contributed by atoms with E-state index in [1.807, 2.05) is 60.7 Å². The molecule has 0 aliphatic rings. The van der Waals surface area contributed by atoms with Crippen LogP contribution in [-0.2, 0) is 0 Å². The fraction of sp³-hybridized carbons (Fsp3) is 0. The average molecular weight is 200 g/mol. The maximum atomic E-state index is 6.33. The summed E-state index contributed by atoms with van der Waals surface area (Å²) in [4.78, 5) is 0. The van der Waals surface area contributed by atoms with Gasteiger partial charge in [-0.05, 0) is 0 Å². The van der Waals surface area contributed by atoms with Crippen LogP contribution >= 0.6 is 11.5 Å². The molecule has 0 radical (unpaired) electrons. The van der Waals surface area contributed by atoms with E-state index in [0.717, 1.165) is 10.9 Å². The minimum Gasteiger partial charge on any atom is -0.182 e. The van der Waals surface area contributed by atoms with E-state index in [0.29, 0.717) is 0 Å². The second kappa shape index (κ2) is 4.34. The monoisotopic (exact) mass is 200 g/mol. The highest BCUT2D eigenvalue weighted by atomic mass is 35.5. The van der Waals surface area contributed by atoms with Gasteiger partial charge in [-0.1, -0.05) is 71.6 Å². The van der Waals surface area contributed by atoms with Crippen molar-refractivity contribution in [2.45, 2.75) is 0 Å². The topological polar surface area (TPSA) is 0 Å². The Morgan fingerprint density at radius 3 is 1.36 bits per heavy atom. The third kappa shape index (κ3) is 1.99. The Morgan fingerprint density at radius 2 is 1.00 bits per heavy atom. The molecule has 0 nitrogen and oxygen atoms in total. The van der Waals surface area contributed by atoms with Gasteiger partial charge in [0.2, 0.25) is 0 Å². The second-order valence-corrected chi connectivity index (χ2v) is 3.62. The SMILES string of the molecule is ClB(c1ccccc1)c1ccccc1. The van der Waals surface area contributed by atoms with E-state index < -0.39 is 0 Å². The number of benzene rings is 2.